The maximum Gasteiger partial charge on any atom is 0.140 e. The van der Waals surface area contributed by atoms with Gasteiger partial charge in [0.15, 0.2) is 0 Å². The van der Waals surface area contributed by atoms with E-state index < -0.39 is 0 Å². The van der Waals surface area contributed by atoms with Gasteiger partial charge >= 0.3 is 0 Å². The largest absolute Gasteiger partial charge is 0.309 e. The van der Waals surface area contributed by atoms with Gasteiger partial charge in [0, 0.05) is 18.0 Å². The Bertz CT molecular complexity index is 480. The number of aryl methyl sites for hydroxylation is 1. The maximum absolute atomic E-state index is 5.89. The molecule has 2 aromatic rings. The van der Waals surface area contributed by atoms with Crippen LogP contribution < -0.4 is 5.32 Å². The first-order valence-electron chi connectivity index (χ1n) is 6.11. The van der Waals surface area contributed by atoms with Crippen LogP contribution in [0.1, 0.15) is 24.0 Å². The van der Waals surface area contributed by atoms with Gasteiger partial charge in [-0.2, -0.15) is 5.10 Å². The van der Waals surface area contributed by atoms with E-state index in [2.05, 4.69) is 28.4 Å². The van der Waals surface area contributed by atoms with Crippen LogP contribution in [0.4, 0.5) is 0 Å². The Kier molecular flexibility index (Phi) is 5.16. The molecule has 0 atom stereocenters. The van der Waals surface area contributed by atoms with Crippen molar-refractivity contribution in [3.05, 3.63) is 33.5 Å². The molecule has 4 nitrogen and oxygen atoms in total. The highest BCUT2D eigenvalue weighted by atomic mass is 35.5. The van der Waals surface area contributed by atoms with E-state index in [1.54, 1.807) is 17.7 Å². The fourth-order valence-electron chi connectivity index (χ4n) is 1.72. The third-order valence-corrected chi connectivity index (χ3v) is 3.88. The number of nitrogens with one attached hydrogen (secondary N) is 1. The second-order valence-corrected chi connectivity index (χ2v) is 5.83. The highest BCUT2D eigenvalue weighted by molar-refractivity contribution is 7.16. The minimum absolute atomic E-state index is 0.763. The van der Waals surface area contributed by atoms with Crippen molar-refractivity contribution >= 4 is 22.9 Å². The minimum atomic E-state index is 0.763. The monoisotopic (exact) mass is 284 g/mol. The summed E-state index contributed by atoms with van der Waals surface area (Å²) in [5.41, 5.74) is 0. The molecule has 0 bridgehead atoms. The van der Waals surface area contributed by atoms with Crippen molar-refractivity contribution in [3.8, 4) is 0 Å². The first-order valence-corrected chi connectivity index (χ1v) is 7.30. The summed E-state index contributed by atoms with van der Waals surface area (Å²) in [5, 5.41) is 7.58. The average Bonchev–Trinajstić information content (AvgIpc) is 2.95. The molecule has 2 rings (SSSR count). The van der Waals surface area contributed by atoms with E-state index in [1.807, 2.05) is 10.7 Å². The van der Waals surface area contributed by atoms with E-state index in [0.29, 0.717) is 0 Å². The quantitative estimate of drug-likeness (QED) is 0.795. The highest BCUT2D eigenvalue weighted by Gasteiger charge is 2.03. The summed E-state index contributed by atoms with van der Waals surface area (Å²) in [6, 6.07) is 4.02. The van der Waals surface area contributed by atoms with Gasteiger partial charge in [0.2, 0.25) is 0 Å². The molecule has 1 N–H and O–H groups in total. The van der Waals surface area contributed by atoms with E-state index in [-0.39, 0.29) is 0 Å². The zero-order valence-electron chi connectivity index (χ0n) is 10.4. The Labute approximate surface area is 116 Å². The molecule has 18 heavy (non-hydrogen) atoms. The first kappa shape index (κ1) is 13.5. The van der Waals surface area contributed by atoms with E-state index in [9.17, 15) is 0 Å². The molecule has 6 heteroatoms. The average molecular weight is 285 g/mol. The van der Waals surface area contributed by atoms with Crippen LogP contribution in [0.15, 0.2) is 18.5 Å². The van der Waals surface area contributed by atoms with Gasteiger partial charge in [-0.1, -0.05) is 18.5 Å². The number of halogens is 1. The molecule has 2 heterocycles. The van der Waals surface area contributed by atoms with Crippen LogP contribution in [0, 0.1) is 0 Å². The van der Waals surface area contributed by atoms with Crippen molar-refractivity contribution < 1.29 is 0 Å². The van der Waals surface area contributed by atoms with E-state index in [4.69, 9.17) is 11.6 Å². The molecule has 0 aliphatic heterocycles. The van der Waals surface area contributed by atoms with Gasteiger partial charge in [-0.05, 0) is 25.0 Å². The zero-order chi connectivity index (χ0) is 12.8. The molecule has 0 unspecified atom stereocenters. The molecule has 0 spiro atoms. The lowest BCUT2D eigenvalue weighted by molar-refractivity contribution is 0.543. The van der Waals surface area contributed by atoms with Crippen molar-refractivity contribution in [2.24, 2.45) is 0 Å². The molecule has 0 aromatic carbocycles. The third kappa shape index (κ3) is 3.80. The number of hydrogen-bond donors (Lipinski definition) is 1. The molecule has 0 saturated heterocycles. The maximum atomic E-state index is 5.89. The lowest BCUT2D eigenvalue weighted by atomic mass is 10.3. The molecule has 0 fully saturated rings. The molecular formula is C12H17ClN4S. The van der Waals surface area contributed by atoms with Crippen LogP contribution in [0.5, 0.6) is 0 Å². The molecule has 0 radical (unpaired) electrons. The van der Waals surface area contributed by atoms with Crippen LogP contribution in [0.3, 0.4) is 0 Å². The topological polar surface area (TPSA) is 42.7 Å². The molecular weight excluding hydrogens is 268 g/mol. The summed E-state index contributed by atoms with van der Waals surface area (Å²) in [7, 11) is 0. The summed E-state index contributed by atoms with van der Waals surface area (Å²) in [5.74, 6) is 1.00. The van der Waals surface area contributed by atoms with Crippen molar-refractivity contribution in [2.75, 3.05) is 6.54 Å². The smallest absolute Gasteiger partial charge is 0.140 e. The normalized spacial score (nSPS) is 11.0. The van der Waals surface area contributed by atoms with Crippen molar-refractivity contribution in [2.45, 2.75) is 32.9 Å². The van der Waals surface area contributed by atoms with Gasteiger partial charge in [-0.25, -0.2) is 9.67 Å². The third-order valence-electron chi connectivity index (χ3n) is 2.59. The second-order valence-electron chi connectivity index (χ2n) is 4.03. The lowest BCUT2D eigenvalue weighted by Crippen LogP contribution is -2.19. The van der Waals surface area contributed by atoms with Gasteiger partial charge in [-0.15, -0.1) is 11.3 Å². The summed E-state index contributed by atoms with van der Waals surface area (Å²) in [4.78, 5) is 5.56. The number of aromatic nitrogens is 3. The van der Waals surface area contributed by atoms with Gasteiger partial charge in [0.25, 0.3) is 0 Å². The standard InChI is InChI=1S/C12H17ClN4S/c1-2-7-17-12(15-9-16-17)8-14-6-5-10-3-4-11(13)18-10/h3-4,9,14H,2,5-8H2,1H3. The molecule has 0 aliphatic carbocycles. The van der Waals surface area contributed by atoms with Crippen LogP contribution >= 0.6 is 22.9 Å². The Hall–Kier alpha value is -0.910. The van der Waals surface area contributed by atoms with Crippen LogP contribution in [-0.4, -0.2) is 21.3 Å². The summed E-state index contributed by atoms with van der Waals surface area (Å²) < 4.78 is 2.81. The number of thiophene rings is 1. The van der Waals surface area contributed by atoms with Crippen LogP contribution in [0.2, 0.25) is 4.34 Å². The summed E-state index contributed by atoms with van der Waals surface area (Å²) in [6.07, 6.45) is 3.69. The van der Waals surface area contributed by atoms with Gasteiger partial charge < -0.3 is 5.32 Å². The van der Waals surface area contributed by atoms with Crippen molar-refractivity contribution in [1.82, 2.24) is 20.1 Å². The minimum Gasteiger partial charge on any atom is -0.309 e. The van der Waals surface area contributed by atoms with Crippen molar-refractivity contribution in [1.29, 1.82) is 0 Å². The molecule has 98 valence electrons. The SMILES string of the molecule is CCCn1ncnc1CNCCc1ccc(Cl)s1. The second kappa shape index (κ2) is 6.87. The Balaban J connectivity index is 1.73. The predicted molar refractivity (Wildman–Crippen MR) is 75.1 cm³/mol. The van der Waals surface area contributed by atoms with Gasteiger partial charge in [-0.3, -0.25) is 0 Å². The van der Waals surface area contributed by atoms with Crippen molar-refractivity contribution in [3.63, 3.8) is 0 Å². The molecule has 2 aromatic heterocycles. The van der Waals surface area contributed by atoms with Crippen LogP contribution in [0.25, 0.3) is 0 Å². The molecule has 0 saturated carbocycles. The number of rotatable bonds is 7. The van der Waals surface area contributed by atoms with Gasteiger partial charge in [0.1, 0.15) is 12.2 Å². The summed E-state index contributed by atoms with van der Waals surface area (Å²) in [6.45, 7) is 4.76. The Morgan fingerprint density at radius 3 is 3.06 bits per heavy atom. The van der Waals surface area contributed by atoms with E-state index in [0.717, 1.165) is 42.6 Å². The zero-order valence-corrected chi connectivity index (χ0v) is 12.0. The summed E-state index contributed by atoms with van der Waals surface area (Å²) >= 11 is 7.53. The Morgan fingerprint density at radius 2 is 2.33 bits per heavy atom. The fourth-order valence-corrected chi connectivity index (χ4v) is 2.81. The first-order chi connectivity index (χ1) is 8.79. The van der Waals surface area contributed by atoms with E-state index >= 15 is 0 Å². The van der Waals surface area contributed by atoms with Crippen LogP contribution in [-0.2, 0) is 19.5 Å². The predicted octanol–water partition coefficient (Wildman–Crippen LogP) is 2.74. The lowest BCUT2D eigenvalue weighted by Gasteiger charge is -2.05. The highest BCUT2D eigenvalue weighted by Crippen LogP contribution is 2.21. The van der Waals surface area contributed by atoms with E-state index in [1.165, 1.54) is 4.88 Å². The van der Waals surface area contributed by atoms with Gasteiger partial charge in [0.05, 0.1) is 10.9 Å². The molecule has 0 amide bonds. The fraction of sp³-hybridized carbons (Fsp3) is 0.500. The number of nitrogens with zero attached hydrogens (tertiary/aromatic N) is 3. The molecule has 0 aliphatic rings. The Morgan fingerprint density at radius 1 is 1.44 bits per heavy atom. The number of hydrogen-bond acceptors (Lipinski definition) is 4.